The molecule has 1 rings (SSSR count). The summed E-state index contributed by atoms with van der Waals surface area (Å²) >= 11 is 0. The number of benzene rings is 1. The van der Waals surface area contributed by atoms with E-state index in [0.29, 0.717) is 26.4 Å². The lowest BCUT2D eigenvalue weighted by Crippen LogP contribution is -2.25. The van der Waals surface area contributed by atoms with Gasteiger partial charge in [0.25, 0.3) is 0 Å². The molecule has 0 saturated heterocycles. The Labute approximate surface area is 121 Å². The maximum Gasteiger partial charge on any atom is 0.161 e. The molecule has 0 atom stereocenters. The molecule has 0 radical (unpaired) electrons. The third-order valence-corrected chi connectivity index (χ3v) is 2.46. The third-order valence-electron chi connectivity index (χ3n) is 2.46. The molecular formula is C16H25NO3. The minimum Gasteiger partial charge on any atom is -0.490 e. The van der Waals surface area contributed by atoms with Gasteiger partial charge in [-0.1, -0.05) is 24.3 Å². The number of hydrogen-bond donors (Lipinski definition) is 1. The summed E-state index contributed by atoms with van der Waals surface area (Å²) in [6.07, 6.45) is 0. The van der Waals surface area contributed by atoms with Gasteiger partial charge in [0, 0.05) is 13.1 Å². The predicted octanol–water partition coefficient (Wildman–Crippen LogP) is 2.65. The molecule has 0 unspecified atom stereocenters. The Morgan fingerprint density at radius 1 is 1.10 bits per heavy atom. The van der Waals surface area contributed by atoms with Crippen molar-refractivity contribution in [2.75, 3.05) is 39.5 Å². The topological polar surface area (TPSA) is 39.7 Å². The van der Waals surface area contributed by atoms with Gasteiger partial charge < -0.3 is 19.5 Å². The number of para-hydroxylation sites is 2. The minimum absolute atomic E-state index is 0.602. The van der Waals surface area contributed by atoms with Gasteiger partial charge in [-0.25, -0.2) is 0 Å². The van der Waals surface area contributed by atoms with Crippen molar-refractivity contribution in [1.29, 1.82) is 0 Å². The van der Waals surface area contributed by atoms with Crippen LogP contribution in [0.5, 0.6) is 11.5 Å². The van der Waals surface area contributed by atoms with Gasteiger partial charge in [0.05, 0.1) is 19.8 Å². The fourth-order valence-electron chi connectivity index (χ4n) is 1.59. The minimum atomic E-state index is 0.602. The van der Waals surface area contributed by atoms with Gasteiger partial charge in [-0.2, -0.15) is 0 Å². The summed E-state index contributed by atoms with van der Waals surface area (Å²) in [7, 11) is 0. The van der Waals surface area contributed by atoms with Crippen LogP contribution >= 0.6 is 0 Å². The molecule has 4 heteroatoms. The standard InChI is InChI=1S/C16H25NO3/c1-4-19-15-7-5-6-8-16(15)20-12-10-17-9-11-18-13-14(2)3/h5-8,17H,2,4,9-13H2,1,3H3. The maximum absolute atomic E-state index is 5.69. The van der Waals surface area contributed by atoms with Crippen LogP contribution in [0.25, 0.3) is 0 Å². The first kappa shape index (κ1) is 16.5. The van der Waals surface area contributed by atoms with Crippen LogP contribution < -0.4 is 14.8 Å². The summed E-state index contributed by atoms with van der Waals surface area (Å²) < 4.78 is 16.6. The molecule has 0 saturated carbocycles. The zero-order valence-electron chi connectivity index (χ0n) is 12.5. The molecule has 0 amide bonds. The lowest BCUT2D eigenvalue weighted by Gasteiger charge is -2.12. The van der Waals surface area contributed by atoms with Crippen LogP contribution in [-0.2, 0) is 4.74 Å². The van der Waals surface area contributed by atoms with Crippen molar-refractivity contribution in [1.82, 2.24) is 5.32 Å². The molecule has 0 heterocycles. The fraction of sp³-hybridized carbons (Fsp3) is 0.500. The molecule has 4 nitrogen and oxygen atoms in total. The monoisotopic (exact) mass is 279 g/mol. The van der Waals surface area contributed by atoms with Gasteiger partial charge in [0.15, 0.2) is 11.5 Å². The molecule has 1 aromatic carbocycles. The highest BCUT2D eigenvalue weighted by Crippen LogP contribution is 2.25. The van der Waals surface area contributed by atoms with Gasteiger partial charge in [0.1, 0.15) is 6.61 Å². The Morgan fingerprint density at radius 3 is 2.40 bits per heavy atom. The van der Waals surface area contributed by atoms with Crippen molar-refractivity contribution in [2.45, 2.75) is 13.8 Å². The summed E-state index contributed by atoms with van der Waals surface area (Å²) in [5, 5.41) is 3.26. The van der Waals surface area contributed by atoms with Crippen molar-refractivity contribution in [2.24, 2.45) is 0 Å². The second kappa shape index (κ2) is 10.3. The van der Waals surface area contributed by atoms with Crippen LogP contribution in [0.3, 0.4) is 0 Å². The van der Waals surface area contributed by atoms with E-state index in [9.17, 15) is 0 Å². The van der Waals surface area contributed by atoms with E-state index in [1.54, 1.807) is 0 Å². The van der Waals surface area contributed by atoms with E-state index in [1.807, 2.05) is 38.1 Å². The van der Waals surface area contributed by atoms with Gasteiger partial charge in [0.2, 0.25) is 0 Å². The van der Waals surface area contributed by atoms with Crippen LogP contribution in [0, 0.1) is 0 Å². The molecule has 112 valence electrons. The summed E-state index contributed by atoms with van der Waals surface area (Å²) in [6, 6.07) is 7.71. The van der Waals surface area contributed by atoms with Crippen LogP contribution in [0.2, 0.25) is 0 Å². The summed E-state index contributed by atoms with van der Waals surface area (Å²) in [4.78, 5) is 0. The molecule has 1 aromatic rings. The van der Waals surface area contributed by atoms with Crippen LogP contribution in [0.15, 0.2) is 36.4 Å². The first-order valence-electron chi connectivity index (χ1n) is 7.01. The van der Waals surface area contributed by atoms with E-state index in [-0.39, 0.29) is 0 Å². The third kappa shape index (κ3) is 7.16. The molecule has 1 N–H and O–H groups in total. The largest absolute Gasteiger partial charge is 0.490 e. The molecule has 20 heavy (non-hydrogen) atoms. The number of nitrogens with one attached hydrogen (secondary N) is 1. The number of hydrogen-bond acceptors (Lipinski definition) is 4. The summed E-state index contributed by atoms with van der Waals surface area (Å²) in [5.74, 6) is 1.58. The zero-order chi connectivity index (χ0) is 14.6. The molecule has 0 aliphatic carbocycles. The first-order valence-corrected chi connectivity index (χ1v) is 7.01. The van der Waals surface area contributed by atoms with Crippen LogP contribution in [0.4, 0.5) is 0 Å². The highest BCUT2D eigenvalue weighted by atomic mass is 16.5. The number of rotatable bonds is 11. The van der Waals surface area contributed by atoms with Crippen molar-refractivity contribution in [3.8, 4) is 11.5 Å². The lowest BCUT2D eigenvalue weighted by molar-refractivity contribution is 0.156. The van der Waals surface area contributed by atoms with Crippen LogP contribution in [0.1, 0.15) is 13.8 Å². The van der Waals surface area contributed by atoms with Gasteiger partial charge >= 0.3 is 0 Å². The molecule has 0 bridgehead atoms. The Morgan fingerprint density at radius 2 is 1.75 bits per heavy atom. The Kier molecular flexibility index (Phi) is 8.51. The van der Waals surface area contributed by atoms with E-state index in [0.717, 1.165) is 30.2 Å². The molecule has 0 aromatic heterocycles. The Hall–Kier alpha value is -1.52. The fourth-order valence-corrected chi connectivity index (χ4v) is 1.59. The Bertz CT molecular complexity index is 393. The highest BCUT2D eigenvalue weighted by Gasteiger charge is 2.02. The van der Waals surface area contributed by atoms with Crippen LogP contribution in [-0.4, -0.2) is 39.5 Å². The normalized spacial score (nSPS) is 10.3. The smallest absolute Gasteiger partial charge is 0.161 e. The van der Waals surface area contributed by atoms with Crippen molar-refractivity contribution in [3.63, 3.8) is 0 Å². The zero-order valence-corrected chi connectivity index (χ0v) is 12.5. The second-order valence-corrected chi connectivity index (χ2v) is 4.49. The molecule has 0 aliphatic rings. The van der Waals surface area contributed by atoms with E-state index in [1.165, 1.54) is 0 Å². The highest BCUT2D eigenvalue weighted by molar-refractivity contribution is 5.39. The first-order chi connectivity index (χ1) is 9.74. The van der Waals surface area contributed by atoms with E-state index >= 15 is 0 Å². The second-order valence-electron chi connectivity index (χ2n) is 4.49. The predicted molar refractivity (Wildman–Crippen MR) is 81.6 cm³/mol. The van der Waals surface area contributed by atoms with Crippen molar-refractivity contribution >= 4 is 0 Å². The lowest BCUT2D eigenvalue weighted by atomic mass is 10.3. The molecule has 0 aliphatic heterocycles. The van der Waals surface area contributed by atoms with Crippen molar-refractivity contribution in [3.05, 3.63) is 36.4 Å². The van der Waals surface area contributed by atoms with Gasteiger partial charge in [-0.15, -0.1) is 0 Å². The van der Waals surface area contributed by atoms with E-state index in [2.05, 4.69) is 11.9 Å². The van der Waals surface area contributed by atoms with Crippen molar-refractivity contribution < 1.29 is 14.2 Å². The average Bonchev–Trinajstić information content (AvgIpc) is 2.43. The summed E-state index contributed by atoms with van der Waals surface area (Å²) in [6.45, 7) is 11.8. The van der Waals surface area contributed by atoms with Gasteiger partial charge in [-0.3, -0.25) is 0 Å². The average molecular weight is 279 g/mol. The SMILES string of the molecule is C=C(C)COCCNCCOc1ccccc1OCC. The van der Waals surface area contributed by atoms with E-state index < -0.39 is 0 Å². The van der Waals surface area contributed by atoms with Gasteiger partial charge in [-0.05, 0) is 26.0 Å². The summed E-state index contributed by atoms with van der Waals surface area (Å²) in [5.41, 5.74) is 1.04. The molecule has 0 fully saturated rings. The number of ether oxygens (including phenoxy) is 3. The quantitative estimate of drug-likeness (QED) is 0.499. The maximum atomic E-state index is 5.69. The Balaban J connectivity index is 2.10. The van der Waals surface area contributed by atoms with E-state index in [4.69, 9.17) is 14.2 Å². The molecular weight excluding hydrogens is 254 g/mol. The molecule has 0 spiro atoms.